The van der Waals surface area contributed by atoms with Crippen LogP contribution in [0.15, 0.2) is 66.7 Å². The lowest BCUT2D eigenvalue weighted by atomic mass is 9.90. The maximum absolute atomic E-state index is 13.8. The second-order valence-electron chi connectivity index (χ2n) is 8.38. The summed E-state index contributed by atoms with van der Waals surface area (Å²) in [7, 11) is 1.64. The van der Waals surface area contributed by atoms with Gasteiger partial charge in [-0.2, -0.15) is 0 Å². The predicted octanol–water partition coefficient (Wildman–Crippen LogP) is 3.38. The van der Waals surface area contributed by atoms with Crippen molar-refractivity contribution < 1.29 is 14.3 Å². The van der Waals surface area contributed by atoms with Crippen molar-refractivity contribution in [1.29, 1.82) is 0 Å². The van der Waals surface area contributed by atoms with Crippen molar-refractivity contribution >= 4 is 28.3 Å². The van der Waals surface area contributed by atoms with Crippen molar-refractivity contribution in [2.24, 2.45) is 5.92 Å². The molecule has 3 aromatic rings. The maximum atomic E-state index is 13.8. The Hall–Kier alpha value is -3.22. The Balaban J connectivity index is 1.46. The number of methoxy groups -OCH3 is 1. The van der Waals surface area contributed by atoms with Crippen LogP contribution in [0.5, 0.6) is 5.75 Å². The van der Waals surface area contributed by atoms with E-state index in [4.69, 9.17) is 4.74 Å². The van der Waals surface area contributed by atoms with E-state index in [-0.39, 0.29) is 17.9 Å². The van der Waals surface area contributed by atoms with Gasteiger partial charge in [0.25, 0.3) is 5.91 Å². The molecule has 0 radical (unpaired) electrons. The summed E-state index contributed by atoms with van der Waals surface area (Å²) in [6.07, 6.45) is 0.992. The molecule has 3 aliphatic rings. The summed E-state index contributed by atoms with van der Waals surface area (Å²) >= 11 is 0. The molecule has 3 aliphatic heterocycles. The number of ether oxygens (including phenoxy) is 1. The van der Waals surface area contributed by atoms with Crippen molar-refractivity contribution in [3.63, 3.8) is 0 Å². The highest BCUT2D eigenvalue weighted by molar-refractivity contribution is 6.26. The van der Waals surface area contributed by atoms with Gasteiger partial charge in [0.15, 0.2) is 0 Å². The van der Waals surface area contributed by atoms with E-state index in [1.165, 1.54) is 4.90 Å². The molecule has 0 aromatic heterocycles. The molecule has 31 heavy (non-hydrogen) atoms. The number of nitrogens with zero attached hydrogens (tertiary/aromatic N) is 3. The molecule has 0 unspecified atom stereocenters. The van der Waals surface area contributed by atoms with Crippen molar-refractivity contribution in [2.45, 2.75) is 18.5 Å². The highest BCUT2D eigenvalue weighted by Crippen LogP contribution is 2.49. The third-order valence-corrected chi connectivity index (χ3v) is 6.87. The molecular formula is C25H23N3O3. The molecule has 3 heterocycles. The summed E-state index contributed by atoms with van der Waals surface area (Å²) < 4.78 is 5.31. The fourth-order valence-electron chi connectivity index (χ4n) is 5.56. The Morgan fingerprint density at radius 1 is 0.806 bits per heavy atom. The Kier molecular flexibility index (Phi) is 4.13. The molecule has 156 valence electrons. The zero-order chi connectivity index (χ0) is 21.1. The Morgan fingerprint density at radius 2 is 1.52 bits per heavy atom. The van der Waals surface area contributed by atoms with Gasteiger partial charge in [-0.1, -0.05) is 48.5 Å². The monoisotopic (exact) mass is 413 g/mol. The lowest BCUT2D eigenvalue weighted by molar-refractivity contribution is -0.126. The third kappa shape index (κ3) is 2.58. The number of hydrazine groups is 1. The Morgan fingerprint density at radius 3 is 2.29 bits per heavy atom. The Labute approximate surface area is 180 Å². The third-order valence-electron chi connectivity index (χ3n) is 6.87. The molecule has 6 nitrogen and oxygen atoms in total. The summed E-state index contributed by atoms with van der Waals surface area (Å²) in [5.74, 6) is 0.138. The van der Waals surface area contributed by atoms with E-state index in [1.54, 1.807) is 7.11 Å². The number of anilines is 1. The summed E-state index contributed by atoms with van der Waals surface area (Å²) in [4.78, 5) is 28.9. The topological polar surface area (TPSA) is 53.1 Å². The fraction of sp³-hybridized carbons (Fsp3) is 0.280. The SMILES string of the molecule is COc1ccc([C@@H]2[C@H]3C(=O)N(c4cccc5ccccc45)C(=O)[C@H]3N3CCCN23)cc1. The molecule has 3 aromatic carbocycles. The molecule has 3 atom stereocenters. The van der Waals surface area contributed by atoms with Crippen LogP contribution in [0, 0.1) is 5.92 Å². The number of rotatable bonds is 3. The summed E-state index contributed by atoms with van der Waals surface area (Å²) in [5, 5.41) is 6.30. The van der Waals surface area contributed by atoms with Crippen LogP contribution in [0.25, 0.3) is 10.8 Å². The lowest BCUT2D eigenvalue weighted by Gasteiger charge is -2.30. The normalized spacial score (nSPS) is 26.0. The van der Waals surface area contributed by atoms with Crippen LogP contribution in [0.4, 0.5) is 5.69 Å². The van der Waals surface area contributed by atoms with E-state index >= 15 is 0 Å². The first-order valence-corrected chi connectivity index (χ1v) is 10.7. The number of benzene rings is 3. The van der Waals surface area contributed by atoms with Crippen LogP contribution in [0.3, 0.4) is 0 Å². The number of imide groups is 1. The van der Waals surface area contributed by atoms with Crippen LogP contribution in [-0.4, -0.2) is 48.1 Å². The van der Waals surface area contributed by atoms with Crippen molar-refractivity contribution in [3.05, 3.63) is 72.3 Å². The van der Waals surface area contributed by atoms with Gasteiger partial charge in [-0.15, -0.1) is 0 Å². The van der Waals surface area contributed by atoms with E-state index in [0.717, 1.165) is 41.6 Å². The summed E-state index contributed by atoms with van der Waals surface area (Å²) in [5.41, 5.74) is 1.72. The quantitative estimate of drug-likeness (QED) is 0.616. The molecule has 0 spiro atoms. The predicted molar refractivity (Wildman–Crippen MR) is 117 cm³/mol. The van der Waals surface area contributed by atoms with E-state index in [0.29, 0.717) is 5.69 Å². The summed E-state index contributed by atoms with van der Waals surface area (Å²) in [6.45, 7) is 1.66. The average Bonchev–Trinajstić information content (AvgIpc) is 3.46. The van der Waals surface area contributed by atoms with E-state index in [9.17, 15) is 9.59 Å². The maximum Gasteiger partial charge on any atom is 0.253 e. The van der Waals surface area contributed by atoms with Crippen LogP contribution >= 0.6 is 0 Å². The molecule has 3 saturated heterocycles. The number of amides is 2. The first-order chi connectivity index (χ1) is 15.2. The minimum atomic E-state index is -0.443. The van der Waals surface area contributed by atoms with Crippen molar-refractivity contribution in [3.8, 4) is 5.75 Å². The van der Waals surface area contributed by atoms with Gasteiger partial charge in [-0.25, -0.2) is 14.9 Å². The van der Waals surface area contributed by atoms with Gasteiger partial charge in [0.05, 0.1) is 24.8 Å². The molecule has 3 fully saturated rings. The highest BCUT2D eigenvalue weighted by Gasteiger charge is 2.62. The van der Waals surface area contributed by atoms with Gasteiger partial charge < -0.3 is 4.74 Å². The van der Waals surface area contributed by atoms with E-state index < -0.39 is 12.0 Å². The van der Waals surface area contributed by atoms with Gasteiger partial charge in [0.1, 0.15) is 11.8 Å². The fourth-order valence-corrected chi connectivity index (χ4v) is 5.56. The highest BCUT2D eigenvalue weighted by atomic mass is 16.5. The lowest BCUT2D eigenvalue weighted by Crippen LogP contribution is -2.44. The van der Waals surface area contributed by atoms with Gasteiger partial charge in [0.2, 0.25) is 5.91 Å². The van der Waals surface area contributed by atoms with Gasteiger partial charge >= 0.3 is 0 Å². The number of hydrogen-bond acceptors (Lipinski definition) is 5. The van der Waals surface area contributed by atoms with Crippen molar-refractivity contribution in [2.75, 3.05) is 25.1 Å². The summed E-state index contributed by atoms with van der Waals surface area (Å²) in [6, 6.07) is 21.0. The average molecular weight is 413 g/mol. The molecule has 0 saturated carbocycles. The minimum Gasteiger partial charge on any atom is -0.497 e. The second-order valence-corrected chi connectivity index (χ2v) is 8.38. The largest absolute Gasteiger partial charge is 0.497 e. The molecule has 0 bridgehead atoms. The zero-order valence-electron chi connectivity index (χ0n) is 17.3. The van der Waals surface area contributed by atoms with Crippen LogP contribution in [-0.2, 0) is 9.59 Å². The molecular weight excluding hydrogens is 390 g/mol. The van der Waals surface area contributed by atoms with E-state index in [2.05, 4.69) is 10.0 Å². The number of fused-ring (bicyclic) bond motifs is 4. The van der Waals surface area contributed by atoms with Crippen molar-refractivity contribution in [1.82, 2.24) is 10.0 Å². The second kappa shape index (κ2) is 6.90. The molecule has 6 rings (SSSR count). The first-order valence-electron chi connectivity index (χ1n) is 10.7. The first kappa shape index (κ1) is 18.5. The van der Waals surface area contributed by atoms with Crippen LogP contribution in [0.1, 0.15) is 18.0 Å². The van der Waals surface area contributed by atoms with Gasteiger partial charge in [-0.05, 0) is 35.6 Å². The molecule has 6 heteroatoms. The number of carbonyl (C=O) groups is 2. The molecule has 0 N–H and O–H groups in total. The van der Waals surface area contributed by atoms with Gasteiger partial charge in [0, 0.05) is 18.5 Å². The number of hydrogen-bond donors (Lipinski definition) is 0. The smallest absolute Gasteiger partial charge is 0.253 e. The van der Waals surface area contributed by atoms with Crippen LogP contribution < -0.4 is 9.64 Å². The van der Waals surface area contributed by atoms with Gasteiger partial charge in [-0.3, -0.25) is 9.59 Å². The molecule has 0 aliphatic carbocycles. The minimum absolute atomic E-state index is 0.110. The standard InChI is InChI=1S/C25H23N3O3/c1-31-18-12-10-17(11-13-18)22-21-23(27-15-5-14-26(22)27)25(30)28(24(21)29)20-9-4-7-16-6-2-3-8-19(16)20/h2-4,6-13,21-23H,5,14-15H2,1H3/t21-,22-,23+/m1/s1. The van der Waals surface area contributed by atoms with E-state index in [1.807, 2.05) is 66.7 Å². The zero-order valence-corrected chi connectivity index (χ0v) is 17.3. The number of carbonyl (C=O) groups excluding carboxylic acids is 2. The van der Waals surface area contributed by atoms with Crippen LogP contribution in [0.2, 0.25) is 0 Å². The molecule has 2 amide bonds. The Bertz CT molecular complexity index is 1190.